The molecule has 1 aliphatic rings. The topological polar surface area (TPSA) is 71.3 Å². The minimum Gasteiger partial charge on any atom is -0.452 e. The highest BCUT2D eigenvalue weighted by Crippen LogP contribution is 2.29. The van der Waals surface area contributed by atoms with Crippen LogP contribution in [0.2, 0.25) is 0 Å². The van der Waals surface area contributed by atoms with Crippen molar-refractivity contribution in [3.8, 4) is 0 Å². The molecule has 2 rings (SSSR count). The zero-order valence-corrected chi connectivity index (χ0v) is 14.9. The molecule has 1 aromatic heterocycles. The summed E-state index contributed by atoms with van der Waals surface area (Å²) in [6.07, 6.45) is 4.57. The van der Waals surface area contributed by atoms with Crippen LogP contribution in [0.15, 0.2) is 20.0 Å². The largest absolute Gasteiger partial charge is 0.452 e. The Morgan fingerprint density at radius 3 is 2.62 bits per heavy atom. The number of hydrogen-bond donors (Lipinski definition) is 2. The fourth-order valence-electron chi connectivity index (χ4n) is 2.68. The monoisotopic (exact) mass is 378 g/mol. The molecule has 5 nitrogen and oxygen atoms in total. The van der Waals surface area contributed by atoms with Gasteiger partial charge in [-0.25, -0.2) is 13.1 Å². The summed E-state index contributed by atoms with van der Waals surface area (Å²) in [5.41, 5.74) is 0. The lowest BCUT2D eigenvalue weighted by molar-refractivity contribution is 0.290. The van der Waals surface area contributed by atoms with Crippen molar-refractivity contribution >= 4 is 26.0 Å². The zero-order valence-electron chi connectivity index (χ0n) is 12.5. The summed E-state index contributed by atoms with van der Waals surface area (Å²) in [5, 5.41) is 2.93. The highest BCUT2D eigenvalue weighted by atomic mass is 79.9. The molecule has 0 atom stereocenters. The van der Waals surface area contributed by atoms with Crippen LogP contribution in [0, 0.1) is 11.8 Å². The minimum atomic E-state index is -3.52. The number of rotatable bonds is 6. The van der Waals surface area contributed by atoms with E-state index in [4.69, 9.17) is 4.42 Å². The second-order valence-electron chi connectivity index (χ2n) is 5.86. The molecule has 1 aliphatic carbocycles. The van der Waals surface area contributed by atoms with Crippen LogP contribution in [0.4, 0.5) is 0 Å². The molecule has 1 saturated carbocycles. The molecule has 0 spiro atoms. The van der Waals surface area contributed by atoms with Crippen LogP contribution in [-0.2, 0) is 16.6 Å². The standard InChI is InChI=1S/C14H23BrN2O3S/c1-10-3-5-11(6-4-10)8-17-21(18,19)13-7-12(9-16-2)20-14(13)15/h7,10-11,16-17H,3-6,8-9H2,1-2H3. The summed E-state index contributed by atoms with van der Waals surface area (Å²) in [6.45, 7) is 3.26. The molecule has 7 heteroatoms. The van der Waals surface area contributed by atoms with E-state index < -0.39 is 10.0 Å². The summed E-state index contributed by atoms with van der Waals surface area (Å²) >= 11 is 3.18. The Balaban J connectivity index is 1.98. The van der Waals surface area contributed by atoms with Gasteiger partial charge in [-0.15, -0.1) is 0 Å². The molecule has 0 bridgehead atoms. The van der Waals surface area contributed by atoms with Gasteiger partial charge in [0.2, 0.25) is 10.0 Å². The van der Waals surface area contributed by atoms with Crippen molar-refractivity contribution in [1.82, 2.24) is 10.0 Å². The van der Waals surface area contributed by atoms with E-state index in [1.165, 1.54) is 12.8 Å². The van der Waals surface area contributed by atoms with Crippen molar-refractivity contribution in [3.63, 3.8) is 0 Å². The van der Waals surface area contributed by atoms with Gasteiger partial charge in [0.25, 0.3) is 0 Å². The Hall–Kier alpha value is -0.370. The van der Waals surface area contributed by atoms with Crippen LogP contribution in [0.25, 0.3) is 0 Å². The predicted molar refractivity (Wildman–Crippen MR) is 85.5 cm³/mol. The van der Waals surface area contributed by atoms with E-state index in [-0.39, 0.29) is 9.56 Å². The minimum absolute atomic E-state index is 0.178. The summed E-state index contributed by atoms with van der Waals surface area (Å²) in [5.74, 6) is 1.81. The van der Waals surface area contributed by atoms with Crippen LogP contribution in [-0.4, -0.2) is 22.0 Å². The molecule has 1 aromatic rings. The molecular weight excluding hydrogens is 356 g/mol. The molecule has 0 amide bonds. The zero-order chi connectivity index (χ0) is 15.5. The van der Waals surface area contributed by atoms with Gasteiger partial charge in [-0.3, -0.25) is 0 Å². The van der Waals surface area contributed by atoms with E-state index in [9.17, 15) is 8.42 Å². The fourth-order valence-corrected chi connectivity index (χ4v) is 4.79. The van der Waals surface area contributed by atoms with E-state index in [0.717, 1.165) is 18.8 Å². The van der Waals surface area contributed by atoms with Crippen molar-refractivity contribution < 1.29 is 12.8 Å². The maximum atomic E-state index is 12.4. The Labute approximate surface area is 135 Å². The number of halogens is 1. The second-order valence-corrected chi connectivity index (χ2v) is 8.31. The van der Waals surface area contributed by atoms with Gasteiger partial charge in [0.15, 0.2) is 4.67 Å². The molecule has 1 fully saturated rings. The maximum absolute atomic E-state index is 12.4. The molecule has 2 N–H and O–H groups in total. The normalized spacial score (nSPS) is 23.4. The van der Waals surface area contributed by atoms with Gasteiger partial charge in [0.1, 0.15) is 10.7 Å². The molecule has 0 aromatic carbocycles. The maximum Gasteiger partial charge on any atom is 0.244 e. The Morgan fingerprint density at radius 2 is 2.00 bits per heavy atom. The first kappa shape index (κ1) is 17.0. The number of sulfonamides is 1. The van der Waals surface area contributed by atoms with E-state index >= 15 is 0 Å². The molecule has 0 saturated heterocycles. The smallest absolute Gasteiger partial charge is 0.244 e. The van der Waals surface area contributed by atoms with E-state index in [2.05, 4.69) is 32.9 Å². The third kappa shape index (κ3) is 4.55. The summed E-state index contributed by atoms with van der Waals surface area (Å²) in [7, 11) is -1.74. The second kappa shape index (κ2) is 7.26. The van der Waals surface area contributed by atoms with E-state index in [0.29, 0.717) is 24.8 Å². The molecule has 1 heterocycles. The summed E-state index contributed by atoms with van der Waals surface area (Å²) < 4.78 is 33.1. The summed E-state index contributed by atoms with van der Waals surface area (Å²) in [4.78, 5) is 0.178. The number of nitrogens with one attached hydrogen (secondary N) is 2. The fraction of sp³-hybridized carbons (Fsp3) is 0.714. The van der Waals surface area contributed by atoms with Crippen LogP contribution in [0.1, 0.15) is 38.4 Å². The van der Waals surface area contributed by atoms with Crippen LogP contribution < -0.4 is 10.0 Å². The third-order valence-corrected chi connectivity index (χ3v) is 6.32. The molecule has 120 valence electrons. The Kier molecular flexibility index (Phi) is 5.88. The quantitative estimate of drug-likeness (QED) is 0.798. The predicted octanol–water partition coefficient (Wildman–Crippen LogP) is 2.87. The van der Waals surface area contributed by atoms with Crippen molar-refractivity contribution in [1.29, 1.82) is 0 Å². The third-order valence-electron chi connectivity index (χ3n) is 4.04. The molecular formula is C14H23BrN2O3S. The lowest BCUT2D eigenvalue weighted by atomic mass is 9.83. The lowest BCUT2D eigenvalue weighted by Crippen LogP contribution is -2.31. The van der Waals surface area contributed by atoms with E-state index in [1.807, 2.05) is 0 Å². The van der Waals surface area contributed by atoms with Crippen LogP contribution in [0.5, 0.6) is 0 Å². The van der Waals surface area contributed by atoms with Gasteiger partial charge in [-0.1, -0.05) is 19.8 Å². The Bertz CT molecular complexity index is 563. The molecule has 0 unspecified atom stereocenters. The van der Waals surface area contributed by atoms with Crippen molar-refractivity contribution in [2.24, 2.45) is 11.8 Å². The number of hydrogen-bond acceptors (Lipinski definition) is 4. The van der Waals surface area contributed by atoms with Gasteiger partial charge < -0.3 is 9.73 Å². The summed E-state index contributed by atoms with van der Waals surface area (Å²) in [6, 6.07) is 1.56. The van der Waals surface area contributed by atoms with E-state index in [1.54, 1.807) is 13.1 Å². The van der Waals surface area contributed by atoms with Crippen LogP contribution >= 0.6 is 15.9 Å². The molecule has 0 radical (unpaired) electrons. The first-order chi connectivity index (χ1) is 9.92. The van der Waals surface area contributed by atoms with Gasteiger partial charge >= 0.3 is 0 Å². The first-order valence-corrected chi connectivity index (χ1v) is 9.62. The SMILES string of the molecule is CNCc1cc(S(=O)(=O)NCC2CCC(C)CC2)c(Br)o1. The van der Waals surface area contributed by atoms with Gasteiger partial charge in [0.05, 0.1) is 6.54 Å². The Morgan fingerprint density at radius 1 is 1.33 bits per heavy atom. The molecule has 0 aliphatic heterocycles. The lowest BCUT2D eigenvalue weighted by Gasteiger charge is -2.26. The van der Waals surface area contributed by atoms with Gasteiger partial charge in [-0.2, -0.15) is 0 Å². The van der Waals surface area contributed by atoms with Crippen LogP contribution in [0.3, 0.4) is 0 Å². The average Bonchev–Trinajstić information content (AvgIpc) is 2.80. The van der Waals surface area contributed by atoms with Crippen molar-refractivity contribution in [2.75, 3.05) is 13.6 Å². The number of furan rings is 1. The highest BCUT2D eigenvalue weighted by Gasteiger charge is 2.25. The van der Waals surface area contributed by atoms with Gasteiger partial charge in [-0.05, 0) is 47.7 Å². The van der Waals surface area contributed by atoms with Crippen molar-refractivity contribution in [2.45, 2.75) is 44.0 Å². The van der Waals surface area contributed by atoms with Crippen molar-refractivity contribution in [3.05, 3.63) is 16.5 Å². The van der Waals surface area contributed by atoms with Gasteiger partial charge in [0, 0.05) is 12.6 Å². The molecule has 21 heavy (non-hydrogen) atoms. The first-order valence-electron chi connectivity index (χ1n) is 7.35. The average molecular weight is 379 g/mol. The highest BCUT2D eigenvalue weighted by molar-refractivity contribution is 9.10.